The van der Waals surface area contributed by atoms with Crippen LogP contribution >= 0.6 is 0 Å². The van der Waals surface area contributed by atoms with Crippen molar-refractivity contribution >= 4 is 0 Å². The van der Waals surface area contributed by atoms with Crippen molar-refractivity contribution in [1.29, 1.82) is 0 Å². The number of hydrogen-bond acceptors (Lipinski definition) is 2. The zero-order chi connectivity index (χ0) is 4.41. The van der Waals surface area contributed by atoms with Crippen LogP contribution in [0.2, 0.25) is 0 Å². The van der Waals surface area contributed by atoms with Gasteiger partial charge in [-0.05, 0) is 0 Å². The maximum Gasteiger partial charge on any atom is 0.119 e. The van der Waals surface area contributed by atoms with E-state index in [0.717, 1.165) is 0 Å². The molecule has 3 nitrogen and oxygen atoms in total. The minimum Gasteiger partial charge on any atom is -0.323 e. The van der Waals surface area contributed by atoms with Gasteiger partial charge in [0.1, 0.15) is 12.7 Å². The Labute approximate surface area is 35.6 Å². The standard InChI is InChI=1S/C3H5N3/c1-6-2-4-5-3-6/h2-3H,1H3. The molecule has 0 N–H and O–H groups in total. The molecule has 1 rings (SSSR count). The first-order valence-electron chi connectivity index (χ1n) is 1.68. The molecule has 0 saturated carbocycles. The van der Waals surface area contributed by atoms with E-state index in [2.05, 4.69) is 10.2 Å². The average molecular weight is 83.1 g/mol. The van der Waals surface area contributed by atoms with Crippen LogP contribution in [0.25, 0.3) is 0 Å². The number of nitrogens with zero attached hydrogens (tertiary/aromatic N) is 3. The van der Waals surface area contributed by atoms with E-state index in [9.17, 15) is 0 Å². The van der Waals surface area contributed by atoms with Gasteiger partial charge < -0.3 is 4.57 Å². The largest absolute Gasteiger partial charge is 0.323 e. The van der Waals surface area contributed by atoms with Gasteiger partial charge in [0.15, 0.2) is 0 Å². The Morgan fingerprint density at radius 1 is 1.33 bits per heavy atom. The van der Waals surface area contributed by atoms with Gasteiger partial charge in [-0.3, -0.25) is 0 Å². The number of aromatic nitrogens is 3. The van der Waals surface area contributed by atoms with Crippen molar-refractivity contribution in [1.82, 2.24) is 14.8 Å². The van der Waals surface area contributed by atoms with Crippen molar-refractivity contribution in [2.24, 2.45) is 7.05 Å². The smallest absolute Gasteiger partial charge is 0.119 e. The second-order valence-electron chi connectivity index (χ2n) is 1.13. The third-order valence-electron chi connectivity index (χ3n) is 0.534. The van der Waals surface area contributed by atoms with Crippen LogP contribution in [0.15, 0.2) is 12.7 Å². The Bertz CT molecular complexity index is 110. The predicted molar refractivity (Wildman–Crippen MR) is 21.0 cm³/mol. The summed E-state index contributed by atoms with van der Waals surface area (Å²) in [5.74, 6) is 0. The van der Waals surface area contributed by atoms with Crippen LogP contribution in [0.3, 0.4) is 0 Å². The molecule has 0 aromatic carbocycles. The Hall–Kier alpha value is -0.860. The molecule has 0 spiro atoms. The normalized spacial score (nSPS) is 8.83. The molecule has 0 unspecified atom stereocenters. The number of rotatable bonds is 0. The van der Waals surface area contributed by atoms with E-state index in [1.54, 1.807) is 17.2 Å². The van der Waals surface area contributed by atoms with Crippen LogP contribution in [-0.2, 0) is 7.05 Å². The SMILES string of the molecule is Cn1cnnc1. The molecular formula is C3H5N3. The lowest BCUT2D eigenvalue weighted by atomic mass is 11.1. The lowest BCUT2D eigenvalue weighted by Crippen LogP contribution is -1.76. The summed E-state index contributed by atoms with van der Waals surface area (Å²) in [6, 6.07) is 0. The van der Waals surface area contributed by atoms with E-state index < -0.39 is 0 Å². The van der Waals surface area contributed by atoms with Gasteiger partial charge in [-0.2, -0.15) is 0 Å². The molecule has 0 atom stereocenters. The lowest BCUT2D eigenvalue weighted by Gasteiger charge is -1.74. The van der Waals surface area contributed by atoms with Gasteiger partial charge in [-0.1, -0.05) is 0 Å². The van der Waals surface area contributed by atoms with Gasteiger partial charge in [0.25, 0.3) is 0 Å². The molecular weight excluding hydrogens is 78.1 g/mol. The van der Waals surface area contributed by atoms with Gasteiger partial charge in [0, 0.05) is 7.05 Å². The molecule has 0 radical (unpaired) electrons. The van der Waals surface area contributed by atoms with Gasteiger partial charge in [0.05, 0.1) is 0 Å². The van der Waals surface area contributed by atoms with Gasteiger partial charge >= 0.3 is 0 Å². The lowest BCUT2D eigenvalue weighted by molar-refractivity contribution is 0.910. The second kappa shape index (κ2) is 1.08. The molecule has 1 heterocycles. The first-order chi connectivity index (χ1) is 2.89. The Morgan fingerprint density at radius 2 is 1.83 bits per heavy atom. The fourth-order valence-corrected chi connectivity index (χ4v) is 0.252. The first-order valence-corrected chi connectivity index (χ1v) is 1.68. The second-order valence-corrected chi connectivity index (χ2v) is 1.13. The zero-order valence-electron chi connectivity index (χ0n) is 3.50. The van der Waals surface area contributed by atoms with Crippen LogP contribution in [0.5, 0.6) is 0 Å². The average Bonchev–Trinajstić information content (AvgIpc) is 1.86. The Morgan fingerprint density at radius 3 is 2.00 bits per heavy atom. The Kier molecular flexibility index (Phi) is 0.602. The molecule has 1 aromatic heterocycles. The topological polar surface area (TPSA) is 30.7 Å². The zero-order valence-corrected chi connectivity index (χ0v) is 3.50. The quantitative estimate of drug-likeness (QED) is 0.435. The van der Waals surface area contributed by atoms with Crippen molar-refractivity contribution < 1.29 is 0 Å². The molecule has 0 aliphatic heterocycles. The Balaban J connectivity index is 3.05. The van der Waals surface area contributed by atoms with Crippen molar-refractivity contribution in [3.05, 3.63) is 12.7 Å². The summed E-state index contributed by atoms with van der Waals surface area (Å²) in [6.45, 7) is 0. The molecule has 3 heteroatoms. The predicted octanol–water partition coefficient (Wildman–Crippen LogP) is -0.185. The van der Waals surface area contributed by atoms with E-state index in [1.807, 2.05) is 7.05 Å². The van der Waals surface area contributed by atoms with E-state index >= 15 is 0 Å². The molecule has 0 aliphatic rings. The van der Waals surface area contributed by atoms with Crippen LogP contribution in [0.4, 0.5) is 0 Å². The number of hydrogen-bond donors (Lipinski definition) is 0. The molecule has 0 amide bonds. The highest BCUT2D eigenvalue weighted by atomic mass is 15.2. The molecule has 0 fully saturated rings. The highest BCUT2D eigenvalue weighted by molar-refractivity contribution is 4.52. The molecule has 6 heavy (non-hydrogen) atoms. The minimum absolute atomic E-state index is 1.64. The monoisotopic (exact) mass is 83.0 g/mol. The fraction of sp³-hybridized carbons (Fsp3) is 0.333. The van der Waals surface area contributed by atoms with E-state index in [1.165, 1.54) is 0 Å². The fourth-order valence-electron chi connectivity index (χ4n) is 0.252. The molecule has 0 aliphatic carbocycles. The van der Waals surface area contributed by atoms with Gasteiger partial charge in [-0.15, -0.1) is 10.2 Å². The van der Waals surface area contributed by atoms with Crippen LogP contribution in [0, 0.1) is 0 Å². The van der Waals surface area contributed by atoms with E-state index in [0.29, 0.717) is 0 Å². The highest BCUT2D eigenvalue weighted by Gasteiger charge is 1.70. The van der Waals surface area contributed by atoms with Crippen molar-refractivity contribution in [3.63, 3.8) is 0 Å². The maximum atomic E-state index is 3.53. The minimum atomic E-state index is 1.64. The molecule has 0 saturated heterocycles. The van der Waals surface area contributed by atoms with Crippen molar-refractivity contribution in [3.8, 4) is 0 Å². The summed E-state index contributed by atoms with van der Waals surface area (Å²) in [5, 5.41) is 7.07. The molecule has 32 valence electrons. The summed E-state index contributed by atoms with van der Waals surface area (Å²) < 4.78 is 1.78. The van der Waals surface area contributed by atoms with Gasteiger partial charge in [-0.25, -0.2) is 0 Å². The third kappa shape index (κ3) is 0.381. The van der Waals surface area contributed by atoms with Crippen LogP contribution in [0.1, 0.15) is 0 Å². The number of aryl methyl sites for hydroxylation is 1. The van der Waals surface area contributed by atoms with Crippen molar-refractivity contribution in [2.45, 2.75) is 0 Å². The highest BCUT2D eigenvalue weighted by Crippen LogP contribution is 1.66. The summed E-state index contributed by atoms with van der Waals surface area (Å²) in [4.78, 5) is 0. The van der Waals surface area contributed by atoms with E-state index in [-0.39, 0.29) is 0 Å². The third-order valence-corrected chi connectivity index (χ3v) is 0.534. The molecule has 1 aromatic rings. The van der Waals surface area contributed by atoms with Gasteiger partial charge in [0.2, 0.25) is 0 Å². The maximum absolute atomic E-state index is 3.53. The molecule has 0 bridgehead atoms. The summed E-state index contributed by atoms with van der Waals surface area (Å²) in [5.41, 5.74) is 0. The first kappa shape index (κ1) is 3.33. The summed E-state index contributed by atoms with van der Waals surface area (Å²) >= 11 is 0. The van der Waals surface area contributed by atoms with E-state index in [4.69, 9.17) is 0 Å². The van der Waals surface area contributed by atoms with Crippen LogP contribution in [-0.4, -0.2) is 14.8 Å². The van der Waals surface area contributed by atoms with Crippen molar-refractivity contribution in [2.75, 3.05) is 0 Å². The summed E-state index contributed by atoms with van der Waals surface area (Å²) in [7, 11) is 1.88. The summed E-state index contributed by atoms with van der Waals surface area (Å²) in [6.07, 6.45) is 3.28. The van der Waals surface area contributed by atoms with Crippen LogP contribution < -0.4 is 0 Å².